The minimum absolute atomic E-state index is 0.0497. The zero-order valence-corrected chi connectivity index (χ0v) is 14.4. The van der Waals surface area contributed by atoms with Crippen LogP contribution in [0.15, 0.2) is 12.3 Å². The van der Waals surface area contributed by atoms with Crippen LogP contribution in [-0.2, 0) is 19.4 Å². The van der Waals surface area contributed by atoms with E-state index in [0.29, 0.717) is 22.3 Å². The van der Waals surface area contributed by atoms with Crippen LogP contribution in [0.2, 0.25) is 0 Å². The van der Waals surface area contributed by atoms with Gasteiger partial charge in [-0.25, -0.2) is 0 Å². The average Bonchev–Trinajstić information content (AvgIpc) is 2.99. The number of hydrogen-bond acceptors (Lipinski definition) is 4. The lowest BCUT2D eigenvalue weighted by Crippen LogP contribution is -2.27. The maximum atomic E-state index is 12.6. The molecule has 0 bridgehead atoms. The van der Waals surface area contributed by atoms with E-state index in [0.717, 1.165) is 44.2 Å². The molecule has 1 fully saturated rings. The van der Waals surface area contributed by atoms with E-state index in [4.69, 9.17) is 0 Å². The first-order valence-electron chi connectivity index (χ1n) is 8.46. The third kappa shape index (κ3) is 2.84. The molecule has 2 aliphatic rings. The second kappa shape index (κ2) is 6.05. The smallest absolute Gasteiger partial charge is 0.276 e. The molecule has 2 aliphatic carbocycles. The van der Waals surface area contributed by atoms with Gasteiger partial charge in [-0.1, -0.05) is 0 Å². The Kier molecular flexibility index (Phi) is 3.88. The molecule has 0 aromatic carbocycles. The fraction of sp³-hybridized carbons (Fsp3) is 0.471. The molecule has 0 unspecified atom stereocenters. The van der Waals surface area contributed by atoms with Gasteiger partial charge < -0.3 is 10.6 Å². The van der Waals surface area contributed by atoms with Crippen LogP contribution in [0.1, 0.15) is 57.5 Å². The molecule has 2 aromatic heterocycles. The Morgan fingerprint density at radius 3 is 2.88 bits per heavy atom. The lowest BCUT2D eigenvalue weighted by atomic mass is 10.1. The zero-order chi connectivity index (χ0) is 16.7. The van der Waals surface area contributed by atoms with Gasteiger partial charge >= 0.3 is 0 Å². The van der Waals surface area contributed by atoms with E-state index in [2.05, 4.69) is 15.7 Å². The Labute approximate surface area is 144 Å². The number of aryl methyl sites for hydroxylation is 2. The average molecular weight is 344 g/mol. The van der Waals surface area contributed by atoms with Crippen molar-refractivity contribution in [2.75, 3.05) is 5.32 Å². The van der Waals surface area contributed by atoms with Crippen LogP contribution < -0.4 is 10.6 Å². The molecule has 1 saturated carbocycles. The topological polar surface area (TPSA) is 76.0 Å². The number of anilines is 1. The van der Waals surface area contributed by atoms with Crippen LogP contribution in [-0.4, -0.2) is 27.6 Å². The quantitative estimate of drug-likeness (QED) is 0.875. The van der Waals surface area contributed by atoms with Crippen LogP contribution in [0.3, 0.4) is 0 Å². The summed E-state index contributed by atoms with van der Waals surface area (Å²) >= 11 is 1.53. The standard InChI is InChI=1S/C17H20N4O2S/c1-2-21-9-8-12(20-21)15(22)19-17-14(16(23)18-10-6-7-10)11-4-3-5-13(11)24-17/h8-10H,2-7H2,1H3,(H,18,23)(H,19,22). The fourth-order valence-electron chi connectivity index (χ4n) is 3.04. The second-order valence-electron chi connectivity index (χ2n) is 6.32. The van der Waals surface area contributed by atoms with Gasteiger partial charge in [0.2, 0.25) is 0 Å². The van der Waals surface area contributed by atoms with Gasteiger partial charge in [-0.2, -0.15) is 5.10 Å². The summed E-state index contributed by atoms with van der Waals surface area (Å²) in [7, 11) is 0. The highest BCUT2D eigenvalue weighted by Gasteiger charge is 2.31. The normalized spacial score (nSPS) is 16.0. The molecular formula is C17H20N4O2S. The lowest BCUT2D eigenvalue weighted by molar-refractivity contribution is 0.0951. The Hall–Kier alpha value is -2.15. The minimum atomic E-state index is -0.261. The lowest BCUT2D eigenvalue weighted by Gasteiger charge is -2.08. The molecule has 4 rings (SSSR count). The zero-order valence-electron chi connectivity index (χ0n) is 13.6. The maximum Gasteiger partial charge on any atom is 0.276 e. The van der Waals surface area contributed by atoms with Gasteiger partial charge in [-0.15, -0.1) is 11.3 Å². The molecule has 24 heavy (non-hydrogen) atoms. The number of nitrogens with zero attached hydrogens (tertiary/aromatic N) is 2. The van der Waals surface area contributed by atoms with Gasteiger partial charge in [-0.05, 0) is 50.7 Å². The molecule has 2 aromatic rings. The van der Waals surface area contributed by atoms with Gasteiger partial charge in [0, 0.05) is 23.7 Å². The number of rotatable bonds is 5. The van der Waals surface area contributed by atoms with Gasteiger partial charge in [0.25, 0.3) is 11.8 Å². The summed E-state index contributed by atoms with van der Waals surface area (Å²) in [5.41, 5.74) is 2.16. The summed E-state index contributed by atoms with van der Waals surface area (Å²) in [5.74, 6) is -0.311. The van der Waals surface area contributed by atoms with Gasteiger partial charge in [0.15, 0.2) is 5.69 Å². The summed E-state index contributed by atoms with van der Waals surface area (Å²) in [5, 5.41) is 10.9. The highest BCUT2D eigenvalue weighted by molar-refractivity contribution is 7.17. The third-order valence-corrected chi connectivity index (χ3v) is 5.69. The highest BCUT2D eigenvalue weighted by Crippen LogP contribution is 2.39. The van der Waals surface area contributed by atoms with E-state index < -0.39 is 0 Å². The molecule has 0 atom stereocenters. The van der Waals surface area contributed by atoms with Crippen LogP contribution in [0.25, 0.3) is 0 Å². The molecule has 2 amide bonds. The molecule has 126 valence electrons. The molecule has 6 nitrogen and oxygen atoms in total. The predicted octanol–water partition coefficient (Wildman–Crippen LogP) is 2.60. The summed E-state index contributed by atoms with van der Waals surface area (Å²) in [4.78, 5) is 26.3. The number of hydrogen-bond donors (Lipinski definition) is 2. The van der Waals surface area contributed by atoms with Gasteiger partial charge in [-0.3, -0.25) is 14.3 Å². The Bertz CT molecular complexity index is 804. The summed E-state index contributed by atoms with van der Waals surface area (Å²) in [6.07, 6.45) is 6.87. The van der Waals surface area contributed by atoms with Gasteiger partial charge in [0.1, 0.15) is 5.00 Å². The molecule has 0 spiro atoms. The summed E-state index contributed by atoms with van der Waals surface area (Å²) in [6.45, 7) is 2.69. The van der Waals surface area contributed by atoms with Crippen molar-refractivity contribution in [3.63, 3.8) is 0 Å². The van der Waals surface area contributed by atoms with Crippen molar-refractivity contribution in [2.24, 2.45) is 0 Å². The first-order valence-corrected chi connectivity index (χ1v) is 9.27. The van der Waals surface area contributed by atoms with Crippen molar-refractivity contribution >= 4 is 28.2 Å². The number of fused-ring (bicyclic) bond motifs is 1. The molecule has 0 radical (unpaired) electrons. The van der Waals surface area contributed by atoms with Crippen molar-refractivity contribution < 1.29 is 9.59 Å². The SMILES string of the molecule is CCn1ccc(C(=O)Nc2sc3c(c2C(=O)NC2CC2)CCC3)n1. The maximum absolute atomic E-state index is 12.6. The number of amides is 2. The number of carbonyl (C=O) groups is 2. The van der Waals surface area contributed by atoms with Crippen molar-refractivity contribution in [1.82, 2.24) is 15.1 Å². The van der Waals surface area contributed by atoms with Crippen LogP contribution in [0.5, 0.6) is 0 Å². The van der Waals surface area contributed by atoms with E-state index >= 15 is 0 Å². The van der Waals surface area contributed by atoms with E-state index in [1.54, 1.807) is 16.9 Å². The first kappa shape index (κ1) is 15.4. The third-order valence-electron chi connectivity index (χ3n) is 4.49. The van der Waals surface area contributed by atoms with E-state index in [9.17, 15) is 9.59 Å². The van der Waals surface area contributed by atoms with E-state index in [1.807, 2.05) is 6.92 Å². The first-order chi connectivity index (χ1) is 11.7. The Morgan fingerprint density at radius 2 is 2.17 bits per heavy atom. The van der Waals surface area contributed by atoms with Crippen LogP contribution in [0, 0.1) is 0 Å². The van der Waals surface area contributed by atoms with Crippen molar-refractivity contribution in [3.8, 4) is 0 Å². The molecule has 0 saturated heterocycles. The highest BCUT2D eigenvalue weighted by atomic mass is 32.1. The number of thiophene rings is 1. The van der Waals surface area contributed by atoms with Gasteiger partial charge in [0.05, 0.1) is 5.56 Å². The van der Waals surface area contributed by atoms with Crippen molar-refractivity contribution in [1.29, 1.82) is 0 Å². The number of carbonyl (C=O) groups excluding carboxylic acids is 2. The summed E-state index contributed by atoms with van der Waals surface area (Å²) in [6, 6.07) is 2.00. The fourth-order valence-corrected chi connectivity index (χ4v) is 4.33. The van der Waals surface area contributed by atoms with Crippen molar-refractivity contribution in [3.05, 3.63) is 34.0 Å². The predicted molar refractivity (Wildman–Crippen MR) is 92.7 cm³/mol. The monoisotopic (exact) mass is 344 g/mol. The number of aromatic nitrogens is 2. The Morgan fingerprint density at radius 1 is 1.33 bits per heavy atom. The second-order valence-corrected chi connectivity index (χ2v) is 7.43. The molecule has 7 heteroatoms. The molecule has 2 heterocycles. The largest absolute Gasteiger partial charge is 0.349 e. The Balaban J connectivity index is 1.60. The van der Waals surface area contributed by atoms with Crippen LogP contribution in [0.4, 0.5) is 5.00 Å². The van der Waals surface area contributed by atoms with E-state index in [-0.39, 0.29) is 11.8 Å². The van der Waals surface area contributed by atoms with E-state index in [1.165, 1.54) is 16.2 Å². The van der Waals surface area contributed by atoms with Crippen molar-refractivity contribution in [2.45, 2.75) is 51.6 Å². The summed E-state index contributed by atoms with van der Waals surface area (Å²) < 4.78 is 1.71. The molecular weight excluding hydrogens is 324 g/mol. The minimum Gasteiger partial charge on any atom is -0.349 e. The number of nitrogens with one attached hydrogen (secondary N) is 2. The molecule has 2 N–H and O–H groups in total. The molecule has 0 aliphatic heterocycles. The van der Waals surface area contributed by atoms with Crippen LogP contribution >= 0.6 is 11.3 Å².